The number of halogens is 1. The molecule has 0 bridgehead atoms. The fourth-order valence-electron chi connectivity index (χ4n) is 2.22. The SMILES string of the molecule is CN(C)/C=C/C(=O)c1ccc(-c2cn3cc(I)ccc3n2)cc1. The molecule has 1 aromatic carbocycles. The molecule has 0 unspecified atom stereocenters. The van der Waals surface area contributed by atoms with E-state index >= 15 is 0 Å². The zero-order valence-corrected chi connectivity index (χ0v) is 15.1. The molecule has 5 heteroatoms. The third-order valence-electron chi connectivity index (χ3n) is 3.40. The normalized spacial score (nSPS) is 11.3. The summed E-state index contributed by atoms with van der Waals surface area (Å²) in [6.07, 6.45) is 7.36. The van der Waals surface area contributed by atoms with E-state index in [-0.39, 0.29) is 5.78 Å². The maximum absolute atomic E-state index is 12.0. The Morgan fingerprint density at radius 3 is 2.57 bits per heavy atom. The second kappa shape index (κ2) is 6.54. The van der Waals surface area contributed by atoms with Crippen LogP contribution >= 0.6 is 22.6 Å². The molecule has 0 aliphatic carbocycles. The smallest absolute Gasteiger partial charge is 0.187 e. The van der Waals surface area contributed by atoms with Gasteiger partial charge in [0.15, 0.2) is 5.78 Å². The first-order chi connectivity index (χ1) is 11.0. The van der Waals surface area contributed by atoms with Crippen molar-refractivity contribution in [2.24, 2.45) is 0 Å². The van der Waals surface area contributed by atoms with Crippen molar-refractivity contribution in [1.29, 1.82) is 0 Å². The highest BCUT2D eigenvalue weighted by atomic mass is 127. The molecule has 3 aromatic rings. The molecule has 0 saturated carbocycles. The van der Waals surface area contributed by atoms with Gasteiger partial charge in [-0.1, -0.05) is 24.3 Å². The van der Waals surface area contributed by atoms with E-state index in [1.165, 1.54) is 0 Å². The maximum Gasteiger partial charge on any atom is 0.187 e. The first-order valence-corrected chi connectivity index (χ1v) is 8.24. The third kappa shape index (κ3) is 3.61. The van der Waals surface area contributed by atoms with Crippen LogP contribution in [0.2, 0.25) is 0 Å². The number of carbonyl (C=O) groups is 1. The standard InChI is InChI=1S/C18H16IN3O/c1-21(2)10-9-17(23)14-5-3-13(4-6-14)16-12-22-11-15(19)7-8-18(22)20-16/h3-12H,1-2H3/b10-9+. The van der Waals surface area contributed by atoms with Crippen LogP contribution in [0.25, 0.3) is 16.9 Å². The number of hydrogen-bond donors (Lipinski definition) is 0. The number of nitrogens with zero attached hydrogens (tertiary/aromatic N) is 3. The van der Waals surface area contributed by atoms with E-state index in [4.69, 9.17) is 0 Å². The van der Waals surface area contributed by atoms with Gasteiger partial charge in [0.05, 0.1) is 5.69 Å². The van der Waals surface area contributed by atoms with Gasteiger partial charge >= 0.3 is 0 Å². The van der Waals surface area contributed by atoms with Crippen molar-refractivity contribution in [1.82, 2.24) is 14.3 Å². The average Bonchev–Trinajstić information content (AvgIpc) is 2.95. The van der Waals surface area contributed by atoms with Crippen LogP contribution in [0.1, 0.15) is 10.4 Å². The fourth-order valence-corrected chi connectivity index (χ4v) is 2.70. The molecule has 0 radical (unpaired) electrons. The highest BCUT2D eigenvalue weighted by Crippen LogP contribution is 2.20. The maximum atomic E-state index is 12.0. The van der Waals surface area contributed by atoms with Crippen LogP contribution in [0.3, 0.4) is 0 Å². The third-order valence-corrected chi connectivity index (χ3v) is 4.04. The Labute approximate surface area is 148 Å². The summed E-state index contributed by atoms with van der Waals surface area (Å²) >= 11 is 2.28. The lowest BCUT2D eigenvalue weighted by molar-refractivity contribution is 0.104. The number of fused-ring (bicyclic) bond motifs is 1. The quantitative estimate of drug-likeness (QED) is 0.368. The van der Waals surface area contributed by atoms with E-state index < -0.39 is 0 Å². The Balaban J connectivity index is 1.87. The summed E-state index contributed by atoms with van der Waals surface area (Å²) in [5, 5.41) is 0. The van der Waals surface area contributed by atoms with E-state index in [9.17, 15) is 4.79 Å². The van der Waals surface area contributed by atoms with Crippen LogP contribution in [-0.2, 0) is 0 Å². The molecule has 0 N–H and O–H groups in total. The minimum absolute atomic E-state index is 0.00481. The Morgan fingerprint density at radius 2 is 1.87 bits per heavy atom. The van der Waals surface area contributed by atoms with E-state index in [1.807, 2.05) is 72.2 Å². The molecule has 0 saturated heterocycles. The Morgan fingerprint density at radius 1 is 1.13 bits per heavy atom. The molecule has 2 heterocycles. The molecule has 2 aromatic heterocycles. The Kier molecular flexibility index (Phi) is 4.47. The molecule has 0 fully saturated rings. The van der Waals surface area contributed by atoms with Crippen LogP contribution in [0, 0.1) is 3.57 Å². The Hall–Kier alpha value is -2.15. The van der Waals surface area contributed by atoms with E-state index in [2.05, 4.69) is 27.6 Å². The number of hydrogen-bond acceptors (Lipinski definition) is 3. The molecule has 0 amide bonds. The number of rotatable bonds is 4. The summed E-state index contributed by atoms with van der Waals surface area (Å²) in [5.74, 6) is -0.00481. The average molecular weight is 417 g/mol. The molecule has 23 heavy (non-hydrogen) atoms. The zero-order chi connectivity index (χ0) is 16.4. The van der Waals surface area contributed by atoms with Crippen molar-refractivity contribution in [2.45, 2.75) is 0 Å². The first-order valence-electron chi connectivity index (χ1n) is 7.16. The van der Waals surface area contributed by atoms with Crippen molar-refractivity contribution < 1.29 is 4.79 Å². The number of aromatic nitrogens is 2. The van der Waals surface area contributed by atoms with Gasteiger partial charge in [0.25, 0.3) is 0 Å². The summed E-state index contributed by atoms with van der Waals surface area (Å²) in [7, 11) is 3.77. The molecular weight excluding hydrogens is 401 g/mol. The van der Waals surface area contributed by atoms with Crippen molar-refractivity contribution in [3.05, 3.63) is 70.2 Å². The number of imidazole rings is 1. The zero-order valence-electron chi connectivity index (χ0n) is 12.9. The minimum Gasteiger partial charge on any atom is -0.383 e. The Bertz CT molecular complexity index is 879. The van der Waals surface area contributed by atoms with E-state index in [0.717, 1.165) is 20.5 Å². The molecule has 0 aliphatic heterocycles. The molecule has 0 spiro atoms. The number of carbonyl (C=O) groups excluding carboxylic acids is 1. The summed E-state index contributed by atoms with van der Waals surface area (Å²) in [6, 6.07) is 11.6. The van der Waals surface area contributed by atoms with Crippen molar-refractivity contribution in [2.75, 3.05) is 14.1 Å². The van der Waals surface area contributed by atoms with Crippen molar-refractivity contribution >= 4 is 34.0 Å². The summed E-state index contributed by atoms with van der Waals surface area (Å²) in [6.45, 7) is 0. The van der Waals surface area contributed by atoms with Gasteiger partial charge in [0.1, 0.15) is 5.65 Å². The summed E-state index contributed by atoms with van der Waals surface area (Å²) in [4.78, 5) is 18.5. The van der Waals surface area contributed by atoms with Gasteiger partial charge in [-0.2, -0.15) is 0 Å². The van der Waals surface area contributed by atoms with Gasteiger partial charge in [-0.15, -0.1) is 0 Å². The summed E-state index contributed by atoms with van der Waals surface area (Å²) in [5.41, 5.74) is 3.48. The lowest BCUT2D eigenvalue weighted by Gasteiger charge is -2.03. The minimum atomic E-state index is -0.00481. The van der Waals surface area contributed by atoms with Crippen LogP contribution in [-0.4, -0.2) is 34.2 Å². The predicted octanol–water partition coefficient (Wildman–Crippen LogP) is 3.86. The van der Waals surface area contributed by atoms with Crippen LogP contribution in [0.15, 0.2) is 61.1 Å². The molecule has 4 nitrogen and oxygen atoms in total. The largest absolute Gasteiger partial charge is 0.383 e. The van der Waals surface area contributed by atoms with Crippen molar-refractivity contribution in [3.8, 4) is 11.3 Å². The van der Waals surface area contributed by atoms with Gasteiger partial charge in [0, 0.05) is 53.5 Å². The van der Waals surface area contributed by atoms with Gasteiger partial charge < -0.3 is 9.30 Å². The number of pyridine rings is 1. The number of benzene rings is 1. The monoisotopic (exact) mass is 417 g/mol. The van der Waals surface area contributed by atoms with Gasteiger partial charge in [-0.05, 0) is 34.7 Å². The van der Waals surface area contributed by atoms with Gasteiger partial charge in [0.2, 0.25) is 0 Å². The second-order valence-electron chi connectivity index (χ2n) is 5.46. The second-order valence-corrected chi connectivity index (χ2v) is 6.71. The molecule has 3 rings (SSSR count). The lowest BCUT2D eigenvalue weighted by Crippen LogP contribution is -2.03. The molecular formula is C18H16IN3O. The highest BCUT2D eigenvalue weighted by molar-refractivity contribution is 14.1. The number of ketones is 1. The van der Waals surface area contributed by atoms with Gasteiger partial charge in [-0.3, -0.25) is 4.79 Å². The molecule has 0 atom stereocenters. The summed E-state index contributed by atoms with van der Waals surface area (Å²) < 4.78 is 3.17. The lowest BCUT2D eigenvalue weighted by atomic mass is 10.1. The topological polar surface area (TPSA) is 37.6 Å². The van der Waals surface area contributed by atoms with Crippen LogP contribution in [0.5, 0.6) is 0 Å². The van der Waals surface area contributed by atoms with E-state index in [1.54, 1.807) is 12.3 Å². The van der Waals surface area contributed by atoms with Crippen LogP contribution < -0.4 is 0 Å². The number of allylic oxidation sites excluding steroid dienone is 1. The highest BCUT2D eigenvalue weighted by Gasteiger charge is 2.07. The van der Waals surface area contributed by atoms with Gasteiger partial charge in [-0.25, -0.2) is 4.98 Å². The molecule has 116 valence electrons. The van der Waals surface area contributed by atoms with Crippen LogP contribution in [0.4, 0.5) is 0 Å². The molecule has 0 aliphatic rings. The predicted molar refractivity (Wildman–Crippen MR) is 101 cm³/mol. The fraction of sp³-hybridized carbons (Fsp3) is 0.111. The first kappa shape index (κ1) is 15.7. The van der Waals surface area contributed by atoms with E-state index in [0.29, 0.717) is 5.56 Å². The van der Waals surface area contributed by atoms with Crippen molar-refractivity contribution in [3.63, 3.8) is 0 Å².